The second kappa shape index (κ2) is 7.65. The van der Waals surface area contributed by atoms with Crippen LogP contribution >= 0.6 is 0 Å². The Hall–Kier alpha value is -1.58. The van der Waals surface area contributed by atoms with Crippen molar-refractivity contribution in [1.82, 2.24) is 0 Å². The van der Waals surface area contributed by atoms with Crippen molar-refractivity contribution in [2.45, 2.75) is 34.6 Å². The van der Waals surface area contributed by atoms with E-state index < -0.39 is 5.97 Å². The minimum atomic E-state index is -0.838. The van der Waals surface area contributed by atoms with E-state index in [1.165, 1.54) is 7.11 Å². The number of aliphatic carboxylic acids is 1. The second-order valence-corrected chi connectivity index (χ2v) is 4.77. The molecule has 0 saturated carbocycles. The molecule has 0 atom stereocenters. The number of carboxylic acids is 1. The molecule has 0 aromatic rings. The van der Waals surface area contributed by atoms with Gasteiger partial charge in [-0.1, -0.05) is 33.4 Å². The topological polar surface area (TPSA) is 63.6 Å². The number of rotatable bonds is 2. The predicted molar refractivity (Wildman–Crippen MR) is 67.7 cm³/mol. The number of carbonyl (C=O) groups excluding carboxylic acids is 1. The summed E-state index contributed by atoms with van der Waals surface area (Å²) in [7, 11) is 1.33. The first-order valence-corrected chi connectivity index (χ1v) is 5.18. The van der Waals surface area contributed by atoms with Gasteiger partial charge in [0.05, 0.1) is 7.11 Å². The Bertz CT molecular complexity index is 319. The quantitative estimate of drug-likeness (QED) is 0.597. The van der Waals surface area contributed by atoms with E-state index in [0.29, 0.717) is 11.1 Å². The third-order valence-electron chi connectivity index (χ3n) is 1.52. The Morgan fingerprint density at radius 2 is 1.65 bits per heavy atom. The average Bonchev–Trinajstić information content (AvgIpc) is 2.14. The molecule has 0 aliphatic rings. The molecule has 0 rings (SSSR count). The van der Waals surface area contributed by atoms with Crippen molar-refractivity contribution in [3.63, 3.8) is 0 Å². The fourth-order valence-electron chi connectivity index (χ4n) is 0.885. The fraction of sp³-hybridized carbons (Fsp3) is 0.538. The van der Waals surface area contributed by atoms with Crippen molar-refractivity contribution in [3.05, 3.63) is 23.8 Å². The molecule has 0 fully saturated rings. The van der Waals surface area contributed by atoms with E-state index in [1.807, 2.05) is 20.8 Å². The van der Waals surface area contributed by atoms with E-state index in [-0.39, 0.29) is 11.4 Å². The molecule has 4 heteroatoms. The van der Waals surface area contributed by atoms with Crippen LogP contribution in [0, 0.1) is 5.41 Å². The number of ether oxygens (including phenoxy) is 1. The molecule has 17 heavy (non-hydrogen) atoms. The van der Waals surface area contributed by atoms with Crippen LogP contribution in [0.5, 0.6) is 0 Å². The molecule has 0 amide bonds. The van der Waals surface area contributed by atoms with Gasteiger partial charge in [-0.05, 0) is 19.3 Å². The minimum absolute atomic E-state index is 0.0392. The van der Waals surface area contributed by atoms with E-state index in [2.05, 4.69) is 11.3 Å². The lowest BCUT2D eigenvalue weighted by Crippen LogP contribution is -2.05. The molecular formula is C13H22O4. The standard InChI is InChI=1S/C8H14O2.C5H8O2/c1-6(7(9)10)5-8(2,3)4;1-4(2)5(6)7-3/h5H,1-4H3,(H,9,10);1H2,2-3H3/b6-5+;. The van der Waals surface area contributed by atoms with Crippen LogP contribution in [-0.4, -0.2) is 24.2 Å². The Morgan fingerprint density at radius 3 is 1.71 bits per heavy atom. The molecular weight excluding hydrogens is 220 g/mol. The van der Waals surface area contributed by atoms with Crippen LogP contribution in [-0.2, 0) is 14.3 Å². The Labute approximate surface area is 103 Å². The van der Waals surface area contributed by atoms with E-state index in [9.17, 15) is 9.59 Å². The largest absolute Gasteiger partial charge is 0.478 e. The van der Waals surface area contributed by atoms with E-state index in [0.717, 1.165) is 0 Å². The Balaban J connectivity index is 0. The van der Waals surface area contributed by atoms with E-state index in [4.69, 9.17) is 5.11 Å². The van der Waals surface area contributed by atoms with Gasteiger partial charge in [-0.15, -0.1) is 0 Å². The van der Waals surface area contributed by atoms with Crippen LogP contribution < -0.4 is 0 Å². The van der Waals surface area contributed by atoms with Gasteiger partial charge in [-0.3, -0.25) is 0 Å². The van der Waals surface area contributed by atoms with Crippen LogP contribution in [0.25, 0.3) is 0 Å². The van der Waals surface area contributed by atoms with E-state index >= 15 is 0 Å². The summed E-state index contributed by atoms with van der Waals surface area (Å²) in [6.45, 7) is 12.5. The zero-order valence-corrected chi connectivity index (χ0v) is 11.5. The van der Waals surface area contributed by atoms with Crippen LogP contribution in [0.15, 0.2) is 23.8 Å². The summed E-state index contributed by atoms with van der Waals surface area (Å²) in [6.07, 6.45) is 1.75. The average molecular weight is 242 g/mol. The van der Waals surface area contributed by atoms with Crippen molar-refractivity contribution in [2.75, 3.05) is 7.11 Å². The number of allylic oxidation sites excluding steroid dienone is 1. The fourth-order valence-corrected chi connectivity index (χ4v) is 0.885. The number of hydrogen-bond acceptors (Lipinski definition) is 3. The molecule has 0 aromatic carbocycles. The summed E-state index contributed by atoms with van der Waals surface area (Å²) in [4.78, 5) is 20.5. The zero-order valence-electron chi connectivity index (χ0n) is 11.5. The van der Waals surface area contributed by atoms with Gasteiger partial charge in [0, 0.05) is 11.1 Å². The van der Waals surface area contributed by atoms with Crippen molar-refractivity contribution in [1.29, 1.82) is 0 Å². The molecule has 98 valence electrons. The molecule has 0 aliphatic heterocycles. The second-order valence-electron chi connectivity index (χ2n) is 4.77. The molecule has 0 saturated heterocycles. The van der Waals surface area contributed by atoms with Crippen molar-refractivity contribution >= 4 is 11.9 Å². The first-order valence-electron chi connectivity index (χ1n) is 5.18. The lowest BCUT2D eigenvalue weighted by Gasteiger charge is -2.11. The zero-order chi connectivity index (χ0) is 14.2. The SMILES string of the molecule is C/C(=C\C(C)(C)C)C(=O)O.C=C(C)C(=O)OC. The van der Waals surface area contributed by atoms with Gasteiger partial charge in [-0.2, -0.15) is 0 Å². The van der Waals surface area contributed by atoms with Gasteiger partial charge in [0.1, 0.15) is 0 Å². The van der Waals surface area contributed by atoms with Gasteiger partial charge in [-0.25, -0.2) is 9.59 Å². The van der Waals surface area contributed by atoms with Gasteiger partial charge in [0.15, 0.2) is 0 Å². The van der Waals surface area contributed by atoms with Crippen LogP contribution in [0.4, 0.5) is 0 Å². The van der Waals surface area contributed by atoms with E-state index in [1.54, 1.807) is 19.9 Å². The van der Waals surface area contributed by atoms with Gasteiger partial charge in [0.25, 0.3) is 0 Å². The predicted octanol–water partition coefficient (Wildman–Crippen LogP) is 2.80. The number of carboxylic acid groups (broad SMARTS) is 1. The number of methoxy groups -OCH3 is 1. The third-order valence-corrected chi connectivity index (χ3v) is 1.52. The summed E-state index contributed by atoms with van der Waals surface area (Å²) in [5, 5.41) is 8.48. The monoisotopic (exact) mass is 242 g/mol. The molecule has 0 unspecified atom stereocenters. The first kappa shape index (κ1) is 17.8. The highest BCUT2D eigenvalue weighted by atomic mass is 16.5. The van der Waals surface area contributed by atoms with Crippen molar-refractivity contribution in [3.8, 4) is 0 Å². The summed E-state index contributed by atoms with van der Waals surface area (Å²) < 4.78 is 4.27. The summed E-state index contributed by atoms with van der Waals surface area (Å²) in [5.41, 5.74) is 0.803. The molecule has 0 aliphatic carbocycles. The number of esters is 1. The molecule has 4 nitrogen and oxygen atoms in total. The number of hydrogen-bond donors (Lipinski definition) is 1. The smallest absolute Gasteiger partial charge is 0.332 e. The summed E-state index contributed by atoms with van der Waals surface area (Å²) in [6, 6.07) is 0. The van der Waals surface area contributed by atoms with Crippen molar-refractivity contribution < 1.29 is 19.4 Å². The Kier molecular flexibility index (Phi) is 8.02. The van der Waals surface area contributed by atoms with Crippen molar-refractivity contribution in [2.24, 2.45) is 5.41 Å². The highest BCUT2D eigenvalue weighted by Crippen LogP contribution is 2.17. The van der Waals surface area contributed by atoms with Crippen LogP contribution in [0.2, 0.25) is 0 Å². The maximum atomic E-state index is 10.3. The molecule has 0 bridgehead atoms. The van der Waals surface area contributed by atoms with Gasteiger partial charge < -0.3 is 9.84 Å². The highest BCUT2D eigenvalue weighted by Gasteiger charge is 2.09. The molecule has 1 N–H and O–H groups in total. The molecule has 0 radical (unpaired) electrons. The molecule has 0 heterocycles. The number of carbonyl (C=O) groups is 2. The first-order chi connectivity index (χ1) is 7.51. The highest BCUT2D eigenvalue weighted by molar-refractivity contribution is 5.86. The normalized spacial score (nSPS) is 11.1. The maximum absolute atomic E-state index is 10.3. The Morgan fingerprint density at radius 1 is 1.24 bits per heavy atom. The molecule has 0 spiro atoms. The third kappa shape index (κ3) is 12.4. The molecule has 0 aromatic heterocycles. The van der Waals surface area contributed by atoms with Crippen LogP contribution in [0.1, 0.15) is 34.6 Å². The summed E-state index contributed by atoms with van der Waals surface area (Å²) >= 11 is 0. The minimum Gasteiger partial charge on any atom is -0.478 e. The maximum Gasteiger partial charge on any atom is 0.332 e. The summed E-state index contributed by atoms with van der Waals surface area (Å²) in [5.74, 6) is -1.19. The lowest BCUT2D eigenvalue weighted by atomic mass is 9.94. The van der Waals surface area contributed by atoms with Gasteiger partial charge in [0.2, 0.25) is 0 Å². The van der Waals surface area contributed by atoms with Crippen LogP contribution in [0.3, 0.4) is 0 Å². The van der Waals surface area contributed by atoms with Gasteiger partial charge >= 0.3 is 11.9 Å². The lowest BCUT2D eigenvalue weighted by molar-refractivity contribution is -0.136.